The van der Waals surface area contributed by atoms with Gasteiger partial charge in [-0.2, -0.15) is 0 Å². The number of hydrogen-bond donors (Lipinski definition) is 3. The van der Waals surface area contributed by atoms with E-state index >= 15 is 0 Å². The number of aromatic nitrogens is 2. The molecule has 0 unspecified atom stereocenters. The van der Waals surface area contributed by atoms with Gasteiger partial charge in [0.25, 0.3) is 0 Å². The summed E-state index contributed by atoms with van der Waals surface area (Å²) in [7, 11) is 3.88. The SMILES string of the molecule is CSc1cccc(NC(=O)Nc2ccc(Nc3cc(N(C)C)nc(C)n3)cc2)c1. The minimum absolute atomic E-state index is 0.286. The van der Waals surface area contributed by atoms with Gasteiger partial charge in [-0.25, -0.2) is 14.8 Å². The van der Waals surface area contributed by atoms with Crippen molar-refractivity contribution in [3.63, 3.8) is 0 Å². The number of benzene rings is 2. The van der Waals surface area contributed by atoms with Crippen molar-refractivity contribution in [3.8, 4) is 0 Å². The van der Waals surface area contributed by atoms with Gasteiger partial charge in [-0.3, -0.25) is 0 Å². The molecule has 1 heterocycles. The third-order valence-corrected chi connectivity index (χ3v) is 4.75. The maximum atomic E-state index is 12.2. The van der Waals surface area contributed by atoms with Gasteiger partial charge in [-0.15, -0.1) is 11.8 Å². The van der Waals surface area contributed by atoms with E-state index in [1.54, 1.807) is 11.8 Å². The van der Waals surface area contributed by atoms with Crippen LogP contribution in [0, 0.1) is 6.92 Å². The molecule has 0 bridgehead atoms. The van der Waals surface area contributed by atoms with Crippen LogP contribution >= 0.6 is 11.8 Å². The largest absolute Gasteiger partial charge is 0.363 e. The number of nitrogens with one attached hydrogen (secondary N) is 3. The molecule has 3 aromatic rings. The molecule has 0 saturated carbocycles. The lowest BCUT2D eigenvalue weighted by atomic mass is 10.2. The van der Waals surface area contributed by atoms with E-state index < -0.39 is 0 Å². The van der Waals surface area contributed by atoms with E-state index in [9.17, 15) is 4.79 Å². The Balaban J connectivity index is 1.62. The number of carbonyl (C=O) groups is 1. The zero-order valence-corrected chi connectivity index (χ0v) is 17.7. The minimum atomic E-state index is -0.286. The zero-order chi connectivity index (χ0) is 20.8. The Morgan fingerprint density at radius 3 is 2.31 bits per heavy atom. The van der Waals surface area contributed by atoms with E-state index in [4.69, 9.17) is 0 Å². The van der Waals surface area contributed by atoms with Gasteiger partial charge < -0.3 is 20.9 Å². The summed E-state index contributed by atoms with van der Waals surface area (Å²) in [6, 6.07) is 16.7. The summed E-state index contributed by atoms with van der Waals surface area (Å²) in [5.74, 6) is 2.24. The Morgan fingerprint density at radius 1 is 0.931 bits per heavy atom. The Kier molecular flexibility index (Phi) is 6.56. The second-order valence-electron chi connectivity index (χ2n) is 6.57. The molecular formula is C21H24N6OS. The number of urea groups is 1. The van der Waals surface area contributed by atoms with Crippen molar-refractivity contribution in [3.05, 3.63) is 60.4 Å². The average molecular weight is 409 g/mol. The first-order chi connectivity index (χ1) is 13.9. The molecule has 3 N–H and O–H groups in total. The van der Waals surface area contributed by atoms with Crippen LogP contribution in [0.5, 0.6) is 0 Å². The Morgan fingerprint density at radius 2 is 1.62 bits per heavy atom. The first-order valence-electron chi connectivity index (χ1n) is 9.05. The van der Waals surface area contributed by atoms with Crippen LogP contribution in [-0.2, 0) is 0 Å². The van der Waals surface area contributed by atoms with Crippen LogP contribution in [0.1, 0.15) is 5.82 Å². The lowest BCUT2D eigenvalue weighted by Crippen LogP contribution is -2.19. The number of amides is 2. The number of aryl methyl sites for hydroxylation is 1. The van der Waals surface area contributed by atoms with E-state index in [0.717, 1.165) is 22.1 Å². The molecule has 0 aliphatic carbocycles. The van der Waals surface area contributed by atoms with Crippen LogP contribution in [0.3, 0.4) is 0 Å². The van der Waals surface area contributed by atoms with Gasteiger partial charge in [0.15, 0.2) is 0 Å². The molecule has 150 valence electrons. The molecule has 29 heavy (non-hydrogen) atoms. The predicted molar refractivity (Wildman–Crippen MR) is 122 cm³/mol. The van der Waals surface area contributed by atoms with E-state index in [1.807, 2.05) is 86.8 Å². The lowest BCUT2D eigenvalue weighted by molar-refractivity contribution is 0.262. The topological polar surface area (TPSA) is 82.2 Å². The third kappa shape index (κ3) is 5.86. The highest BCUT2D eigenvalue weighted by molar-refractivity contribution is 7.98. The van der Waals surface area contributed by atoms with Crippen molar-refractivity contribution in [2.45, 2.75) is 11.8 Å². The summed E-state index contributed by atoms with van der Waals surface area (Å²) < 4.78 is 0. The fourth-order valence-corrected chi connectivity index (χ4v) is 3.08. The quantitative estimate of drug-likeness (QED) is 0.500. The molecule has 0 spiro atoms. The number of hydrogen-bond acceptors (Lipinski definition) is 6. The summed E-state index contributed by atoms with van der Waals surface area (Å²) in [6.07, 6.45) is 2.00. The standard InChI is InChI=1S/C21H24N6OS/c1-14-22-19(13-20(23-14)27(2)3)24-15-8-10-16(11-9-15)25-21(28)26-17-6-5-7-18(12-17)29-4/h5-13H,1-4H3,(H,22,23,24)(H2,25,26,28). The second-order valence-corrected chi connectivity index (χ2v) is 7.45. The molecule has 2 aromatic carbocycles. The van der Waals surface area contributed by atoms with Crippen LogP contribution in [0.4, 0.5) is 33.5 Å². The van der Waals surface area contributed by atoms with Crippen LogP contribution in [0.25, 0.3) is 0 Å². The summed E-state index contributed by atoms with van der Waals surface area (Å²) in [6.45, 7) is 1.86. The summed E-state index contributed by atoms with van der Waals surface area (Å²) in [4.78, 5) is 24.1. The highest BCUT2D eigenvalue weighted by Gasteiger charge is 2.06. The van der Waals surface area contributed by atoms with Gasteiger partial charge in [-0.05, 0) is 55.6 Å². The molecule has 8 heteroatoms. The maximum absolute atomic E-state index is 12.2. The number of carbonyl (C=O) groups excluding carboxylic acids is 1. The van der Waals surface area contributed by atoms with E-state index in [-0.39, 0.29) is 6.03 Å². The van der Waals surface area contributed by atoms with Crippen molar-refractivity contribution in [1.82, 2.24) is 9.97 Å². The highest BCUT2D eigenvalue weighted by Crippen LogP contribution is 2.21. The van der Waals surface area contributed by atoms with Crippen molar-refractivity contribution in [1.29, 1.82) is 0 Å². The summed E-state index contributed by atoms with van der Waals surface area (Å²) in [5.41, 5.74) is 2.32. The van der Waals surface area contributed by atoms with Crippen LogP contribution < -0.4 is 20.9 Å². The first kappa shape index (κ1) is 20.5. The molecule has 0 saturated heterocycles. The summed E-state index contributed by atoms with van der Waals surface area (Å²) >= 11 is 1.63. The number of nitrogens with zero attached hydrogens (tertiary/aromatic N) is 3. The lowest BCUT2D eigenvalue weighted by Gasteiger charge is -2.14. The molecule has 2 amide bonds. The molecular weight excluding hydrogens is 384 g/mol. The number of thioether (sulfide) groups is 1. The van der Waals surface area contributed by atoms with Crippen LogP contribution in [0.2, 0.25) is 0 Å². The minimum Gasteiger partial charge on any atom is -0.363 e. The molecule has 3 rings (SSSR count). The first-order valence-corrected chi connectivity index (χ1v) is 10.3. The fraction of sp³-hybridized carbons (Fsp3) is 0.190. The Labute approximate surface area is 175 Å². The van der Waals surface area contributed by atoms with Crippen LogP contribution in [-0.4, -0.2) is 36.4 Å². The maximum Gasteiger partial charge on any atom is 0.323 e. The van der Waals surface area contributed by atoms with Crippen molar-refractivity contribution < 1.29 is 4.79 Å². The molecule has 0 fully saturated rings. The molecule has 1 aromatic heterocycles. The van der Waals surface area contributed by atoms with Gasteiger partial charge in [0.05, 0.1) is 0 Å². The Hall–Kier alpha value is -3.26. The smallest absolute Gasteiger partial charge is 0.323 e. The second kappa shape index (κ2) is 9.29. The monoisotopic (exact) mass is 408 g/mol. The normalized spacial score (nSPS) is 10.3. The van der Waals surface area contributed by atoms with Crippen LogP contribution in [0.15, 0.2) is 59.5 Å². The third-order valence-electron chi connectivity index (χ3n) is 4.03. The molecule has 0 atom stereocenters. The van der Waals surface area contributed by atoms with E-state index in [0.29, 0.717) is 17.3 Å². The van der Waals surface area contributed by atoms with Crippen molar-refractivity contribution in [2.24, 2.45) is 0 Å². The van der Waals surface area contributed by atoms with Gasteiger partial charge in [0.1, 0.15) is 17.5 Å². The fourth-order valence-electron chi connectivity index (χ4n) is 2.62. The number of rotatable bonds is 6. The molecule has 0 radical (unpaired) electrons. The predicted octanol–water partition coefficient (Wildman–Crippen LogP) is 4.96. The average Bonchev–Trinajstić information content (AvgIpc) is 2.69. The van der Waals surface area contributed by atoms with E-state index in [1.165, 1.54) is 0 Å². The van der Waals surface area contributed by atoms with Gasteiger partial charge >= 0.3 is 6.03 Å². The molecule has 7 nitrogen and oxygen atoms in total. The Bertz CT molecular complexity index is 991. The molecule has 0 aliphatic rings. The highest BCUT2D eigenvalue weighted by atomic mass is 32.2. The van der Waals surface area contributed by atoms with Gasteiger partial charge in [-0.1, -0.05) is 6.07 Å². The van der Waals surface area contributed by atoms with Crippen molar-refractivity contribution in [2.75, 3.05) is 41.2 Å². The summed E-state index contributed by atoms with van der Waals surface area (Å²) in [5, 5.41) is 8.94. The van der Waals surface area contributed by atoms with Gasteiger partial charge in [0, 0.05) is 42.1 Å². The van der Waals surface area contributed by atoms with Gasteiger partial charge in [0.2, 0.25) is 0 Å². The zero-order valence-electron chi connectivity index (χ0n) is 16.9. The van der Waals surface area contributed by atoms with E-state index in [2.05, 4.69) is 25.9 Å². The molecule has 0 aliphatic heterocycles. The van der Waals surface area contributed by atoms with Crippen molar-refractivity contribution >= 4 is 46.5 Å². The number of anilines is 5.